The Morgan fingerprint density at radius 2 is 1.55 bits per heavy atom. The summed E-state index contributed by atoms with van der Waals surface area (Å²) < 4.78 is 26.5. The zero-order chi connectivity index (χ0) is 32.9. The van der Waals surface area contributed by atoms with Crippen molar-refractivity contribution in [3.8, 4) is 0 Å². The van der Waals surface area contributed by atoms with Crippen LogP contribution in [0.25, 0.3) is 0 Å². The highest BCUT2D eigenvalue weighted by Crippen LogP contribution is 2.47. The molecule has 1 fully saturated rings. The molecule has 1 saturated heterocycles. The molecule has 13 heteroatoms. The number of rotatable bonds is 8. The monoisotopic (exact) mass is 630 g/mol. The van der Waals surface area contributed by atoms with E-state index in [1.165, 1.54) is 6.20 Å². The molecule has 0 aromatic carbocycles. The normalized spacial score (nSPS) is 25.0. The summed E-state index contributed by atoms with van der Waals surface area (Å²) in [5, 5.41) is 22.5. The molecule has 1 aromatic heterocycles. The quantitative estimate of drug-likeness (QED) is 0.395. The van der Waals surface area contributed by atoms with Crippen LogP contribution in [0.2, 0.25) is 36.3 Å². The third-order valence-electron chi connectivity index (χ3n) is 8.73. The van der Waals surface area contributed by atoms with Crippen LogP contribution in [0.4, 0.5) is 4.79 Å². The second kappa shape index (κ2) is 12.1. The van der Waals surface area contributed by atoms with Gasteiger partial charge in [0.2, 0.25) is 0 Å². The number of hydrogen-bond donors (Lipinski definition) is 2. The van der Waals surface area contributed by atoms with Crippen LogP contribution in [0.1, 0.15) is 81.9 Å². The van der Waals surface area contributed by atoms with E-state index < -0.39 is 69.7 Å². The van der Waals surface area contributed by atoms with Crippen LogP contribution in [0.3, 0.4) is 0 Å². The topological polar surface area (TPSA) is 138 Å². The molecule has 2 rings (SSSR count). The lowest BCUT2D eigenvalue weighted by Gasteiger charge is -2.44. The molecule has 1 aliphatic heterocycles. The third kappa shape index (κ3) is 7.90. The van der Waals surface area contributed by atoms with Gasteiger partial charge in [-0.05, 0) is 64.0 Å². The standard InChI is InChI=1S/C29H54N2O9Si2/c1-19(32)17-29(36)20(18-37-41(11,12)27(5,6)7)38-23(22(29)40-42(13,14)28(8,9)10)30-16-15-21(33)31(24(30)34)25(35)39-26(2,3)4/h15-16,19-20,22-23,32,36H,17-18H2,1-14H3/t19-,20+,22-,23+,29-/m0/s1. The minimum atomic E-state index is -2.63. The maximum atomic E-state index is 13.7. The van der Waals surface area contributed by atoms with Gasteiger partial charge in [0.15, 0.2) is 22.9 Å². The van der Waals surface area contributed by atoms with Crippen LogP contribution in [-0.4, -0.2) is 78.2 Å². The molecule has 5 atom stereocenters. The maximum absolute atomic E-state index is 13.7. The van der Waals surface area contributed by atoms with Gasteiger partial charge in [0.05, 0.1) is 12.7 Å². The van der Waals surface area contributed by atoms with Crippen molar-refractivity contribution in [1.29, 1.82) is 0 Å². The summed E-state index contributed by atoms with van der Waals surface area (Å²) in [6.07, 6.45) is -4.31. The zero-order valence-electron chi connectivity index (χ0n) is 28.0. The maximum Gasteiger partial charge on any atom is 0.425 e. The first-order valence-corrected chi connectivity index (χ1v) is 20.4. The second-order valence-electron chi connectivity index (χ2n) is 15.6. The van der Waals surface area contributed by atoms with Crippen LogP contribution in [-0.2, 0) is 18.3 Å². The van der Waals surface area contributed by atoms with Crippen molar-refractivity contribution in [3.63, 3.8) is 0 Å². The summed E-state index contributed by atoms with van der Waals surface area (Å²) in [5.74, 6) is 0. The zero-order valence-corrected chi connectivity index (χ0v) is 30.0. The van der Waals surface area contributed by atoms with E-state index in [9.17, 15) is 24.6 Å². The second-order valence-corrected chi connectivity index (χ2v) is 25.2. The first kappa shape index (κ1) is 36.6. The highest BCUT2D eigenvalue weighted by molar-refractivity contribution is 6.74. The van der Waals surface area contributed by atoms with E-state index in [2.05, 4.69) is 33.9 Å². The number of carbonyl (C=O) groups is 1. The molecule has 42 heavy (non-hydrogen) atoms. The highest BCUT2D eigenvalue weighted by atomic mass is 28.4. The minimum Gasteiger partial charge on any atom is -0.443 e. The third-order valence-corrected chi connectivity index (χ3v) is 17.7. The van der Waals surface area contributed by atoms with E-state index in [0.717, 1.165) is 10.6 Å². The number of ether oxygens (including phenoxy) is 2. The SMILES string of the molecule is C[C@H](O)C[C@]1(O)[C@@H](CO[Si](C)(C)C(C)(C)C)O[C@@H](n2ccc(=O)n(C(=O)OC(C)(C)C)c2=O)[C@@H]1O[Si](C)(C)C(C)(C)C. The molecule has 0 radical (unpaired) electrons. The fourth-order valence-electron chi connectivity index (χ4n) is 4.22. The average Bonchev–Trinajstić information content (AvgIpc) is 2.99. The average molecular weight is 631 g/mol. The molecular weight excluding hydrogens is 576 g/mol. The van der Waals surface area contributed by atoms with Crippen molar-refractivity contribution in [2.24, 2.45) is 0 Å². The van der Waals surface area contributed by atoms with E-state index in [0.29, 0.717) is 4.57 Å². The summed E-state index contributed by atoms with van der Waals surface area (Å²) in [5.41, 5.74) is -4.58. The van der Waals surface area contributed by atoms with E-state index in [4.69, 9.17) is 18.3 Å². The first-order chi connectivity index (χ1) is 18.6. The molecule has 0 unspecified atom stereocenters. The van der Waals surface area contributed by atoms with Crippen LogP contribution in [0.5, 0.6) is 0 Å². The lowest BCUT2D eigenvalue weighted by atomic mass is 9.86. The van der Waals surface area contributed by atoms with Gasteiger partial charge in [0.25, 0.3) is 5.56 Å². The molecule has 0 spiro atoms. The largest absolute Gasteiger partial charge is 0.443 e. The predicted molar refractivity (Wildman–Crippen MR) is 167 cm³/mol. The number of aromatic nitrogens is 2. The summed E-state index contributed by atoms with van der Waals surface area (Å²) in [4.78, 5) is 39.4. The number of nitrogens with zero attached hydrogens (tertiary/aromatic N) is 2. The Bertz CT molecular complexity index is 1240. The summed E-state index contributed by atoms with van der Waals surface area (Å²) in [6.45, 7) is 27.1. The fourth-order valence-corrected chi connectivity index (χ4v) is 6.53. The van der Waals surface area contributed by atoms with Gasteiger partial charge in [-0.1, -0.05) is 41.5 Å². The van der Waals surface area contributed by atoms with Crippen molar-refractivity contribution in [2.45, 2.75) is 148 Å². The van der Waals surface area contributed by atoms with Crippen molar-refractivity contribution < 1.29 is 33.3 Å². The van der Waals surface area contributed by atoms with E-state index in [-0.39, 0.29) is 23.1 Å². The molecule has 1 aliphatic rings. The van der Waals surface area contributed by atoms with Gasteiger partial charge < -0.3 is 28.5 Å². The van der Waals surface area contributed by atoms with E-state index in [1.807, 2.05) is 33.9 Å². The molecule has 0 saturated carbocycles. The predicted octanol–water partition coefficient (Wildman–Crippen LogP) is 4.60. The number of aliphatic hydroxyl groups is 2. The van der Waals surface area contributed by atoms with Crippen molar-refractivity contribution in [3.05, 3.63) is 33.1 Å². The fraction of sp³-hybridized carbons (Fsp3) is 0.828. The molecular formula is C29H54N2O9Si2. The van der Waals surface area contributed by atoms with Crippen LogP contribution in [0, 0.1) is 0 Å². The Morgan fingerprint density at radius 1 is 1.02 bits per heavy atom. The van der Waals surface area contributed by atoms with Gasteiger partial charge in [-0.3, -0.25) is 9.36 Å². The Hall–Kier alpha value is -1.62. The van der Waals surface area contributed by atoms with Gasteiger partial charge in [-0.2, -0.15) is 4.57 Å². The van der Waals surface area contributed by atoms with Gasteiger partial charge in [-0.15, -0.1) is 0 Å². The molecule has 11 nitrogen and oxygen atoms in total. The van der Waals surface area contributed by atoms with Gasteiger partial charge in [0, 0.05) is 18.7 Å². The Morgan fingerprint density at radius 3 is 2.00 bits per heavy atom. The number of aliphatic hydroxyl groups excluding tert-OH is 1. The molecule has 2 heterocycles. The molecule has 0 bridgehead atoms. The smallest absolute Gasteiger partial charge is 0.425 e. The lowest BCUT2D eigenvalue weighted by Crippen LogP contribution is -2.58. The molecule has 242 valence electrons. The molecule has 0 aliphatic carbocycles. The van der Waals surface area contributed by atoms with Crippen LogP contribution >= 0.6 is 0 Å². The molecule has 1 aromatic rings. The number of carbonyl (C=O) groups excluding carboxylic acids is 1. The Kier molecular flexibility index (Phi) is 10.5. The highest BCUT2D eigenvalue weighted by Gasteiger charge is 2.60. The Balaban J connectivity index is 2.76. The minimum absolute atomic E-state index is 0.00592. The van der Waals surface area contributed by atoms with E-state index in [1.54, 1.807) is 27.7 Å². The van der Waals surface area contributed by atoms with E-state index >= 15 is 0 Å². The Labute approximate surface area is 252 Å². The van der Waals surface area contributed by atoms with Gasteiger partial charge in [-0.25, -0.2) is 9.59 Å². The molecule has 2 N–H and O–H groups in total. The van der Waals surface area contributed by atoms with Gasteiger partial charge in [0.1, 0.15) is 23.4 Å². The molecule has 0 amide bonds. The van der Waals surface area contributed by atoms with Crippen LogP contribution in [0.15, 0.2) is 21.9 Å². The summed E-state index contributed by atoms with van der Waals surface area (Å²) >= 11 is 0. The van der Waals surface area contributed by atoms with Crippen LogP contribution < -0.4 is 11.2 Å². The summed E-state index contributed by atoms with van der Waals surface area (Å²) in [7, 11) is -4.93. The first-order valence-electron chi connectivity index (χ1n) is 14.6. The van der Waals surface area contributed by atoms with Crippen molar-refractivity contribution in [2.75, 3.05) is 6.61 Å². The van der Waals surface area contributed by atoms with Gasteiger partial charge >= 0.3 is 11.8 Å². The number of hydrogen-bond acceptors (Lipinski definition) is 9. The van der Waals surface area contributed by atoms with Crippen molar-refractivity contribution >= 4 is 22.7 Å². The summed E-state index contributed by atoms with van der Waals surface area (Å²) in [6, 6.07) is 1.07. The van der Waals surface area contributed by atoms with Crippen molar-refractivity contribution in [1.82, 2.24) is 9.13 Å². The lowest BCUT2D eigenvalue weighted by molar-refractivity contribution is -0.108.